The number of hydrogen-bond donors (Lipinski definition) is 1. The standard InChI is InChI=1S/C21H31N5OS/c1-15-9-11-17(12-10-15)26-19(25-13-7-6-8-14-25)23-24-20(26)28-16(2)18(27)22-21(3,4)5/h9-12,16H,6-8,13-14H2,1-5H3,(H,22,27). The Bertz CT molecular complexity index is 803. The van der Waals surface area contributed by atoms with Gasteiger partial charge < -0.3 is 10.2 Å². The summed E-state index contributed by atoms with van der Waals surface area (Å²) in [7, 11) is 0. The third kappa shape index (κ3) is 5.07. The Kier molecular flexibility index (Phi) is 6.33. The Morgan fingerprint density at radius 1 is 1.11 bits per heavy atom. The van der Waals surface area contributed by atoms with Gasteiger partial charge >= 0.3 is 0 Å². The second kappa shape index (κ2) is 8.55. The number of hydrogen-bond acceptors (Lipinski definition) is 5. The van der Waals surface area contributed by atoms with Crippen LogP contribution in [-0.4, -0.2) is 44.6 Å². The Balaban J connectivity index is 1.91. The molecule has 152 valence electrons. The highest BCUT2D eigenvalue weighted by Gasteiger charge is 2.26. The summed E-state index contributed by atoms with van der Waals surface area (Å²) in [6, 6.07) is 8.38. The van der Waals surface area contributed by atoms with Crippen molar-refractivity contribution in [2.24, 2.45) is 0 Å². The number of anilines is 1. The normalized spacial score (nSPS) is 16.1. The van der Waals surface area contributed by atoms with Crippen LogP contribution in [0.15, 0.2) is 29.4 Å². The molecule has 0 bridgehead atoms. The van der Waals surface area contributed by atoms with E-state index < -0.39 is 0 Å². The number of aryl methyl sites for hydroxylation is 1. The largest absolute Gasteiger partial charge is 0.351 e. The average Bonchev–Trinajstić information content (AvgIpc) is 3.05. The van der Waals surface area contributed by atoms with Crippen LogP contribution in [0.5, 0.6) is 0 Å². The first-order valence-electron chi connectivity index (χ1n) is 10.0. The molecule has 1 atom stereocenters. The van der Waals surface area contributed by atoms with E-state index in [0.717, 1.165) is 29.9 Å². The highest BCUT2D eigenvalue weighted by atomic mass is 32.2. The number of nitrogens with one attached hydrogen (secondary N) is 1. The van der Waals surface area contributed by atoms with Crippen molar-refractivity contribution in [1.29, 1.82) is 0 Å². The predicted octanol–water partition coefficient (Wildman–Crippen LogP) is 3.96. The van der Waals surface area contributed by atoms with Crippen LogP contribution in [0.3, 0.4) is 0 Å². The summed E-state index contributed by atoms with van der Waals surface area (Å²) in [5, 5.41) is 12.5. The molecule has 2 heterocycles. The van der Waals surface area contributed by atoms with E-state index in [1.165, 1.54) is 36.6 Å². The molecule has 2 aromatic rings. The van der Waals surface area contributed by atoms with E-state index in [2.05, 4.69) is 56.2 Å². The van der Waals surface area contributed by atoms with Gasteiger partial charge in [-0.15, -0.1) is 10.2 Å². The van der Waals surface area contributed by atoms with Gasteiger partial charge in [0.1, 0.15) is 0 Å². The molecule has 1 amide bonds. The number of benzene rings is 1. The molecule has 0 spiro atoms. The van der Waals surface area contributed by atoms with Crippen LogP contribution in [-0.2, 0) is 4.79 Å². The summed E-state index contributed by atoms with van der Waals surface area (Å²) in [6.07, 6.45) is 3.61. The van der Waals surface area contributed by atoms with E-state index in [9.17, 15) is 4.79 Å². The molecule has 1 N–H and O–H groups in total. The monoisotopic (exact) mass is 401 g/mol. The van der Waals surface area contributed by atoms with Gasteiger partial charge in [0.25, 0.3) is 0 Å². The van der Waals surface area contributed by atoms with E-state index in [1.807, 2.05) is 27.7 Å². The Labute approximate surface area is 172 Å². The van der Waals surface area contributed by atoms with Gasteiger partial charge in [-0.2, -0.15) is 0 Å². The maximum absolute atomic E-state index is 12.6. The van der Waals surface area contributed by atoms with Crippen LogP contribution < -0.4 is 10.2 Å². The van der Waals surface area contributed by atoms with Gasteiger partial charge in [0, 0.05) is 18.6 Å². The summed E-state index contributed by atoms with van der Waals surface area (Å²) in [5.41, 5.74) is 1.99. The Morgan fingerprint density at radius 2 is 1.75 bits per heavy atom. The third-order valence-electron chi connectivity index (χ3n) is 4.70. The number of carbonyl (C=O) groups excluding carboxylic acids is 1. The summed E-state index contributed by atoms with van der Waals surface area (Å²) >= 11 is 1.45. The number of rotatable bonds is 5. The van der Waals surface area contributed by atoms with Crippen molar-refractivity contribution < 1.29 is 4.79 Å². The van der Waals surface area contributed by atoms with Crippen LogP contribution in [0.4, 0.5) is 5.95 Å². The third-order valence-corrected chi connectivity index (χ3v) is 5.74. The molecular weight excluding hydrogens is 370 g/mol. The molecule has 0 aliphatic carbocycles. The lowest BCUT2D eigenvalue weighted by molar-refractivity contribution is -0.121. The zero-order chi connectivity index (χ0) is 20.3. The SMILES string of the molecule is Cc1ccc(-n2c(SC(C)C(=O)NC(C)(C)C)nnc2N2CCCCC2)cc1. The maximum Gasteiger partial charge on any atom is 0.233 e. The second-order valence-corrected chi connectivity index (χ2v) is 9.81. The molecule has 1 saturated heterocycles. The van der Waals surface area contributed by atoms with E-state index in [4.69, 9.17) is 0 Å². The van der Waals surface area contributed by atoms with Crippen molar-refractivity contribution in [2.75, 3.05) is 18.0 Å². The van der Waals surface area contributed by atoms with Gasteiger partial charge in [0.15, 0.2) is 5.16 Å². The molecule has 0 radical (unpaired) electrons. The van der Waals surface area contributed by atoms with Gasteiger partial charge in [-0.05, 0) is 66.0 Å². The molecule has 1 aliphatic heterocycles. The lowest BCUT2D eigenvalue weighted by Crippen LogP contribution is -2.44. The van der Waals surface area contributed by atoms with Gasteiger partial charge in [-0.3, -0.25) is 9.36 Å². The number of thioether (sulfide) groups is 1. The number of amides is 1. The molecule has 7 heteroatoms. The molecule has 1 aromatic heterocycles. The van der Waals surface area contributed by atoms with Crippen molar-refractivity contribution in [3.05, 3.63) is 29.8 Å². The van der Waals surface area contributed by atoms with Crippen molar-refractivity contribution in [1.82, 2.24) is 20.1 Å². The summed E-state index contributed by atoms with van der Waals surface area (Å²) in [6.45, 7) is 12.0. The van der Waals surface area contributed by atoms with Crippen LogP contribution in [0.25, 0.3) is 5.69 Å². The van der Waals surface area contributed by atoms with E-state index in [1.54, 1.807) is 0 Å². The molecule has 0 saturated carbocycles. The molecular formula is C21H31N5OS. The molecule has 1 aliphatic rings. The van der Waals surface area contributed by atoms with Crippen LogP contribution in [0, 0.1) is 6.92 Å². The average molecular weight is 402 g/mol. The second-order valence-electron chi connectivity index (χ2n) is 8.50. The Morgan fingerprint density at radius 3 is 2.36 bits per heavy atom. The molecule has 1 unspecified atom stereocenters. The first kappa shape index (κ1) is 20.7. The molecule has 6 nitrogen and oxygen atoms in total. The van der Waals surface area contributed by atoms with E-state index in [-0.39, 0.29) is 16.7 Å². The number of aromatic nitrogens is 3. The van der Waals surface area contributed by atoms with E-state index >= 15 is 0 Å². The lowest BCUT2D eigenvalue weighted by atomic mass is 10.1. The zero-order valence-corrected chi connectivity index (χ0v) is 18.3. The van der Waals surface area contributed by atoms with Crippen molar-refractivity contribution in [3.63, 3.8) is 0 Å². The van der Waals surface area contributed by atoms with Crippen LogP contribution in [0.1, 0.15) is 52.5 Å². The maximum atomic E-state index is 12.6. The fourth-order valence-electron chi connectivity index (χ4n) is 3.24. The molecule has 28 heavy (non-hydrogen) atoms. The van der Waals surface area contributed by atoms with E-state index in [0.29, 0.717) is 0 Å². The van der Waals surface area contributed by atoms with Crippen molar-refractivity contribution >= 4 is 23.6 Å². The fourth-order valence-corrected chi connectivity index (χ4v) is 4.10. The minimum Gasteiger partial charge on any atom is -0.351 e. The van der Waals surface area contributed by atoms with Crippen LogP contribution in [0.2, 0.25) is 0 Å². The predicted molar refractivity (Wildman–Crippen MR) is 115 cm³/mol. The van der Waals surface area contributed by atoms with Gasteiger partial charge in [0.05, 0.1) is 10.9 Å². The summed E-state index contributed by atoms with van der Waals surface area (Å²) in [4.78, 5) is 14.9. The first-order valence-corrected chi connectivity index (χ1v) is 10.9. The van der Waals surface area contributed by atoms with Gasteiger partial charge in [0.2, 0.25) is 11.9 Å². The first-order chi connectivity index (χ1) is 13.2. The van der Waals surface area contributed by atoms with Crippen molar-refractivity contribution in [3.8, 4) is 5.69 Å². The number of nitrogens with zero attached hydrogens (tertiary/aromatic N) is 4. The zero-order valence-electron chi connectivity index (χ0n) is 17.5. The summed E-state index contributed by atoms with van der Waals surface area (Å²) < 4.78 is 2.09. The van der Waals surface area contributed by atoms with Gasteiger partial charge in [-0.1, -0.05) is 29.5 Å². The fraction of sp³-hybridized carbons (Fsp3) is 0.571. The number of carbonyl (C=O) groups is 1. The quantitative estimate of drug-likeness (QED) is 0.769. The van der Waals surface area contributed by atoms with Gasteiger partial charge in [-0.25, -0.2) is 0 Å². The van der Waals surface area contributed by atoms with Crippen LogP contribution >= 0.6 is 11.8 Å². The minimum atomic E-state index is -0.262. The number of piperidine rings is 1. The Hall–Kier alpha value is -2.02. The molecule has 1 fully saturated rings. The van der Waals surface area contributed by atoms with Crippen molar-refractivity contribution in [2.45, 2.75) is 69.8 Å². The highest BCUT2D eigenvalue weighted by molar-refractivity contribution is 8.00. The smallest absolute Gasteiger partial charge is 0.233 e. The topological polar surface area (TPSA) is 63.1 Å². The molecule has 3 rings (SSSR count). The molecule has 1 aromatic carbocycles. The lowest BCUT2D eigenvalue weighted by Gasteiger charge is -2.28. The highest BCUT2D eigenvalue weighted by Crippen LogP contribution is 2.30. The minimum absolute atomic E-state index is 0.00970. The summed E-state index contributed by atoms with van der Waals surface area (Å²) in [5.74, 6) is 0.880.